The Labute approximate surface area is 203 Å². The van der Waals surface area contributed by atoms with Crippen LogP contribution in [0.2, 0.25) is 0 Å². The van der Waals surface area contributed by atoms with Crippen molar-refractivity contribution in [2.45, 2.75) is 89.5 Å². The SMILES string of the molecule is COC(=O)[C@H]1SC(C2CCC(C)(C)CC2)=CC1N(C(=O)C1CCC(C)CC1)C1COCOC1. The molecule has 0 aromatic rings. The Morgan fingerprint density at radius 1 is 1.06 bits per heavy atom. The van der Waals surface area contributed by atoms with Crippen molar-refractivity contribution in [2.24, 2.45) is 23.2 Å². The molecule has 0 aromatic heterocycles. The van der Waals surface area contributed by atoms with Crippen LogP contribution in [-0.2, 0) is 23.8 Å². The lowest BCUT2D eigenvalue weighted by Crippen LogP contribution is -2.57. The summed E-state index contributed by atoms with van der Waals surface area (Å²) in [6.07, 6.45) is 10.9. The molecule has 2 saturated carbocycles. The number of esters is 1. The van der Waals surface area contributed by atoms with Gasteiger partial charge in [-0.15, -0.1) is 11.8 Å². The first-order chi connectivity index (χ1) is 15.8. The summed E-state index contributed by atoms with van der Waals surface area (Å²) < 4.78 is 16.4. The van der Waals surface area contributed by atoms with Gasteiger partial charge in [-0.1, -0.05) is 26.8 Å². The summed E-state index contributed by atoms with van der Waals surface area (Å²) in [4.78, 5) is 30.1. The Hall–Kier alpha value is -1.05. The molecular formula is C26H41NO5S. The van der Waals surface area contributed by atoms with Crippen molar-refractivity contribution in [3.63, 3.8) is 0 Å². The molecule has 4 rings (SSSR count). The zero-order valence-corrected chi connectivity index (χ0v) is 21.5. The highest BCUT2D eigenvalue weighted by Crippen LogP contribution is 2.48. The highest BCUT2D eigenvalue weighted by Gasteiger charge is 2.46. The van der Waals surface area contributed by atoms with Gasteiger partial charge in [0.25, 0.3) is 0 Å². The fraction of sp³-hybridized carbons (Fsp3) is 0.846. The van der Waals surface area contributed by atoms with E-state index in [1.165, 1.54) is 24.9 Å². The maximum Gasteiger partial charge on any atom is 0.321 e. The monoisotopic (exact) mass is 479 g/mol. The predicted octanol–water partition coefficient (Wildman–Crippen LogP) is 4.77. The second-order valence-corrected chi connectivity index (χ2v) is 12.5. The number of hydrogen-bond acceptors (Lipinski definition) is 6. The lowest BCUT2D eigenvalue weighted by Gasteiger charge is -2.41. The Morgan fingerprint density at radius 2 is 1.70 bits per heavy atom. The first kappa shape index (κ1) is 25.1. The molecule has 1 amide bonds. The normalized spacial score (nSPS) is 33.4. The predicted molar refractivity (Wildman–Crippen MR) is 130 cm³/mol. The molecular weight excluding hydrogens is 438 g/mol. The number of methoxy groups -OCH3 is 1. The summed E-state index contributed by atoms with van der Waals surface area (Å²) in [6.45, 7) is 8.11. The molecule has 6 nitrogen and oxygen atoms in total. The Morgan fingerprint density at radius 3 is 2.30 bits per heavy atom. The van der Waals surface area contributed by atoms with Gasteiger partial charge in [0.2, 0.25) is 5.91 Å². The Kier molecular flexibility index (Phi) is 8.12. The molecule has 1 unspecified atom stereocenters. The van der Waals surface area contributed by atoms with Crippen molar-refractivity contribution < 1.29 is 23.8 Å². The second kappa shape index (κ2) is 10.7. The first-order valence-corrected chi connectivity index (χ1v) is 13.6. The zero-order chi connectivity index (χ0) is 23.6. The minimum atomic E-state index is -0.423. The van der Waals surface area contributed by atoms with Crippen LogP contribution in [0.15, 0.2) is 11.0 Å². The lowest BCUT2D eigenvalue weighted by molar-refractivity contribution is -0.164. The van der Waals surface area contributed by atoms with Crippen molar-refractivity contribution in [1.82, 2.24) is 4.90 Å². The van der Waals surface area contributed by atoms with E-state index in [9.17, 15) is 9.59 Å². The Balaban J connectivity index is 1.60. The molecule has 0 aromatic carbocycles. The number of hydrogen-bond donors (Lipinski definition) is 0. The number of carbonyl (C=O) groups excluding carboxylic acids is 2. The van der Waals surface area contributed by atoms with Gasteiger partial charge in [-0.05, 0) is 73.5 Å². The summed E-state index contributed by atoms with van der Waals surface area (Å²) in [6, 6.07) is -0.487. The van der Waals surface area contributed by atoms with Gasteiger partial charge in [-0.3, -0.25) is 9.59 Å². The van der Waals surface area contributed by atoms with Crippen LogP contribution in [0, 0.1) is 23.2 Å². The van der Waals surface area contributed by atoms with Gasteiger partial charge in [-0.25, -0.2) is 0 Å². The minimum absolute atomic E-state index is 0.0133. The van der Waals surface area contributed by atoms with Gasteiger partial charge >= 0.3 is 5.97 Å². The van der Waals surface area contributed by atoms with E-state index in [4.69, 9.17) is 14.2 Å². The molecule has 33 heavy (non-hydrogen) atoms. The van der Waals surface area contributed by atoms with E-state index < -0.39 is 5.25 Å². The third kappa shape index (κ3) is 5.79. The van der Waals surface area contributed by atoms with Crippen LogP contribution in [-0.4, -0.2) is 61.2 Å². The van der Waals surface area contributed by atoms with Crippen LogP contribution in [0.4, 0.5) is 0 Å². The third-order valence-electron chi connectivity index (χ3n) is 8.20. The van der Waals surface area contributed by atoms with Crippen molar-refractivity contribution in [2.75, 3.05) is 27.1 Å². The van der Waals surface area contributed by atoms with Gasteiger partial charge in [0.05, 0.1) is 32.4 Å². The van der Waals surface area contributed by atoms with E-state index in [-0.39, 0.29) is 36.7 Å². The van der Waals surface area contributed by atoms with E-state index in [0.717, 1.165) is 38.5 Å². The van der Waals surface area contributed by atoms with Crippen LogP contribution in [0.1, 0.15) is 72.1 Å². The van der Waals surface area contributed by atoms with Gasteiger partial charge in [0.15, 0.2) is 0 Å². The second-order valence-electron chi connectivity index (χ2n) is 11.3. The molecule has 4 aliphatic rings. The zero-order valence-electron chi connectivity index (χ0n) is 20.7. The fourth-order valence-corrected chi connectivity index (χ4v) is 7.36. The summed E-state index contributed by atoms with van der Waals surface area (Å²) in [7, 11) is 1.45. The molecule has 7 heteroatoms. The van der Waals surface area contributed by atoms with E-state index >= 15 is 0 Å². The average Bonchev–Trinajstić information content (AvgIpc) is 3.24. The Bertz CT molecular complexity index is 729. The number of rotatable bonds is 5. The molecule has 2 heterocycles. The van der Waals surface area contributed by atoms with Gasteiger partial charge in [0.1, 0.15) is 12.0 Å². The summed E-state index contributed by atoms with van der Waals surface area (Å²) in [5, 5.41) is -0.423. The number of ether oxygens (including phenoxy) is 3. The van der Waals surface area contributed by atoms with Crippen LogP contribution in [0.3, 0.4) is 0 Å². The topological polar surface area (TPSA) is 65.1 Å². The number of allylic oxidation sites excluding steroid dienone is 1. The molecule has 0 radical (unpaired) electrons. The smallest absolute Gasteiger partial charge is 0.321 e. The van der Waals surface area contributed by atoms with Crippen molar-refractivity contribution in [3.8, 4) is 0 Å². The largest absolute Gasteiger partial charge is 0.468 e. The average molecular weight is 480 g/mol. The fourth-order valence-electron chi connectivity index (χ4n) is 5.88. The maximum absolute atomic E-state index is 13.9. The highest BCUT2D eigenvalue weighted by molar-refractivity contribution is 8.04. The van der Waals surface area contributed by atoms with E-state index in [0.29, 0.717) is 30.5 Å². The highest BCUT2D eigenvalue weighted by atomic mass is 32.2. The van der Waals surface area contributed by atoms with Gasteiger partial charge in [-0.2, -0.15) is 0 Å². The molecule has 3 fully saturated rings. The quantitative estimate of drug-likeness (QED) is 0.529. The summed E-state index contributed by atoms with van der Waals surface area (Å²) in [5.74, 6) is 1.06. The van der Waals surface area contributed by atoms with Crippen molar-refractivity contribution in [1.29, 1.82) is 0 Å². The number of nitrogens with zero attached hydrogens (tertiary/aromatic N) is 1. The van der Waals surface area contributed by atoms with E-state index in [1.807, 2.05) is 4.90 Å². The molecule has 2 aliphatic heterocycles. The van der Waals surface area contributed by atoms with E-state index in [1.54, 1.807) is 11.8 Å². The number of thioether (sulfide) groups is 1. The minimum Gasteiger partial charge on any atom is -0.468 e. The van der Waals surface area contributed by atoms with E-state index in [2.05, 4.69) is 26.8 Å². The van der Waals surface area contributed by atoms with Crippen LogP contribution < -0.4 is 0 Å². The number of amides is 1. The molecule has 0 bridgehead atoms. The van der Waals surface area contributed by atoms with Gasteiger partial charge < -0.3 is 19.1 Å². The van der Waals surface area contributed by atoms with Crippen LogP contribution >= 0.6 is 11.8 Å². The number of carbonyl (C=O) groups is 2. The molecule has 186 valence electrons. The lowest BCUT2D eigenvalue weighted by atomic mass is 9.73. The summed E-state index contributed by atoms with van der Waals surface area (Å²) in [5.41, 5.74) is 0.387. The van der Waals surface area contributed by atoms with Crippen LogP contribution in [0.25, 0.3) is 0 Å². The van der Waals surface area contributed by atoms with Crippen molar-refractivity contribution >= 4 is 23.6 Å². The maximum atomic E-state index is 13.9. The summed E-state index contributed by atoms with van der Waals surface area (Å²) >= 11 is 1.63. The van der Waals surface area contributed by atoms with Crippen LogP contribution in [0.5, 0.6) is 0 Å². The van der Waals surface area contributed by atoms with Crippen molar-refractivity contribution in [3.05, 3.63) is 11.0 Å². The first-order valence-electron chi connectivity index (χ1n) is 12.7. The molecule has 0 spiro atoms. The molecule has 1 saturated heterocycles. The third-order valence-corrected chi connectivity index (χ3v) is 9.67. The molecule has 2 aliphatic carbocycles. The van der Waals surface area contributed by atoms with Gasteiger partial charge in [0, 0.05) is 5.92 Å². The molecule has 2 atom stereocenters. The standard InChI is InChI=1S/C26H41NO5S/c1-17-5-7-19(8-6-17)24(28)27(20-14-31-16-32-15-20)21-13-22(33-23(21)25(29)30-4)18-9-11-26(2,3)12-10-18/h13,17-21,23H,5-12,14-16H2,1-4H3/t17?,19?,21?,23-/m0/s1. The molecule has 0 N–H and O–H groups in total.